The van der Waals surface area contributed by atoms with Gasteiger partial charge in [-0.1, -0.05) is 72.3 Å². The summed E-state index contributed by atoms with van der Waals surface area (Å²) >= 11 is 0. The van der Waals surface area contributed by atoms with E-state index in [9.17, 15) is 0 Å². The Labute approximate surface area is 197 Å². The molecule has 0 unspecified atom stereocenters. The molecule has 0 radical (unpaired) electrons. The molecule has 0 N–H and O–H groups in total. The van der Waals surface area contributed by atoms with Crippen LogP contribution in [0.25, 0.3) is 11.0 Å². The van der Waals surface area contributed by atoms with Crippen LogP contribution >= 0.6 is 0 Å². The fourth-order valence-electron chi connectivity index (χ4n) is 4.99. The number of hydrogen-bond donors (Lipinski definition) is 0. The van der Waals surface area contributed by atoms with Crippen LogP contribution in [0.4, 0.5) is 5.95 Å². The number of rotatable bonds is 7. The highest BCUT2D eigenvalue weighted by Gasteiger charge is 2.26. The molecule has 2 heterocycles. The lowest BCUT2D eigenvalue weighted by Crippen LogP contribution is -2.44. The van der Waals surface area contributed by atoms with Gasteiger partial charge in [-0.05, 0) is 49.4 Å². The van der Waals surface area contributed by atoms with E-state index in [0.717, 1.165) is 44.1 Å². The Kier molecular flexibility index (Phi) is 6.45. The average Bonchev–Trinajstić information content (AvgIpc) is 3.23. The van der Waals surface area contributed by atoms with Crippen LogP contribution in [0.15, 0.2) is 78.9 Å². The molecule has 33 heavy (non-hydrogen) atoms. The van der Waals surface area contributed by atoms with Gasteiger partial charge in [0, 0.05) is 32.7 Å². The van der Waals surface area contributed by atoms with Crippen LogP contribution in [-0.2, 0) is 13.0 Å². The first-order valence-electron chi connectivity index (χ1n) is 12.2. The van der Waals surface area contributed by atoms with Crippen LogP contribution in [0.1, 0.15) is 29.5 Å². The van der Waals surface area contributed by atoms with Gasteiger partial charge in [0.15, 0.2) is 0 Å². The number of piperidine rings is 1. The maximum atomic E-state index is 5.07. The van der Waals surface area contributed by atoms with Gasteiger partial charge in [-0.2, -0.15) is 0 Å². The first-order valence-corrected chi connectivity index (χ1v) is 12.2. The summed E-state index contributed by atoms with van der Waals surface area (Å²) in [5.74, 6) is 1.08. The number of aryl methyl sites for hydroxylation is 1. The van der Waals surface area contributed by atoms with Crippen molar-refractivity contribution >= 4 is 17.0 Å². The third-order valence-electron chi connectivity index (χ3n) is 7.08. The molecule has 4 aromatic rings. The van der Waals surface area contributed by atoms with Crippen LogP contribution in [0, 0.1) is 6.92 Å². The molecule has 4 heteroatoms. The zero-order chi connectivity index (χ0) is 22.6. The topological polar surface area (TPSA) is 24.3 Å². The predicted molar refractivity (Wildman–Crippen MR) is 138 cm³/mol. The van der Waals surface area contributed by atoms with E-state index >= 15 is 0 Å². The second-order valence-corrected chi connectivity index (χ2v) is 9.39. The largest absolute Gasteiger partial charge is 0.342 e. The van der Waals surface area contributed by atoms with Crippen molar-refractivity contribution in [2.45, 2.75) is 38.8 Å². The molecule has 0 atom stereocenters. The molecule has 3 aromatic carbocycles. The predicted octanol–water partition coefficient (Wildman–Crippen LogP) is 5.54. The number of nitrogens with zero attached hydrogens (tertiary/aromatic N) is 4. The molecule has 1 aliphatic rings. The van der Waals surface area contributed by atoms with Crippen LogP contribution < -0.4 is 4.90 Å². The van der Waals surface area contributed by atoms with Gasteiger partial charge >= 0.3 is 0 Å². The lowest BCUT2D eigenvalue weighted by atomic mass is 10.0. The van der Waals surface area contributed by atoms with E-state index in [4.69, 9.17) is 4.98 Å². The second kappa shape index (κ2) is 9.80. The van der Waals surface area contributed by atoms with Gasteiger partial charge in [0.05, 0.1) is 17.6 Å². The molecule has 0 saturated carbocycles. The molecule has 1 fully saturated rings. The lowest BCUT2D eigenvalue weighted by Gasteiger charge is -2.37. The maximum Gasteiger partial charge on any atom is 0.206 e. The van der Waals surface area contributed by atoms with Crippen molar-refractivity contribution in [2.75, 3.05) is 31.6 Å². The molecule has 5 rings (SSSR count). The molecule has 0 aliphatic carbocycles. The van der Waals surface area contributed by atoms with Gasteiger partial charge in [0.2, 0.25) is 5.95 Å². The van der Waals surface area contributed by atoms with E-state index in [1.54, 1.807) is 0 Å². The number of aromatic nitrogens is 2. The van der Waals surface area contributed by atoms with E-state index in [1.807, 2.05) is 0 Å². The van der Waals surface area contributed by atoms with Crippen molar-refractivity contribution in [1.82, 2.24) is 14.5 Å². The van der Waals surface area contributed by atoms with Gasteiger partial charge in [0.1, 0.15) is 0 Å². The highest BCUT2D eigenvalue weighted by molar-refractivity contribution is 5.79. The number of benzene rings is 3. The third kappa shape index (κ3) is 4.96. The minimum Gasteiger partial charge on any atom is -0.342 e. The highest BCUT2D eigenvalue weighted by atomic mass is 15.3. The van der Waals surface area contributed by atoms with Crippen molar-refractivity contribution in [3.63, 3.8) is 0 Å². The summed E-state index contributed by atoms with van der Waals surface area (Å²) in [5.41, 5.74) is 6.33. The van der Waals surface area contributed by atoms with Crippen molar-refractivity contribution in [1.29, 1.82) is 0 Å². The van der Waals surface area contributed by atoms with Gasteiger partial charge in [-0.3, -0.25) is 0 Å². The summed E-state index contributed by atoms with van der Waals surface area (Å²) in [5, 5.41) is 0. The molecular weight excluding hydrogens is 404 g/mol. The van der Waals surface area contributed by atoms with Crippen LogP contribution in [-0.4, -0.2) is 47.2 Å². The molecule has 4 nitrogen and oxygen atoms in total. The van der Waals surface area contributed by atoms with E-state index in [0.29, 0.717) is 6.04 Å². The summed E-state index contributed by atoms with van der Waals surface area (Å²) in [6, 6.07) is 28.7. The average molecular weight is 439 g/mol. The number of likely N-dealkylation sites (tertiary alicyclic amines) is 1. The first kappa shape index (κ1) is 21.7. The van der Waals surface area contributed by atoms with E-state index < -0.39 is 0 Å². The Hall–Kier alpha value is -3.11. The summed E-state index contributed by atoms with van der Waals surface area (Å²) in [6.07, 6.45) is 3.49. The minimum absolute atomic E-state index is 0.520. The van der Waals surface area contributed by atoms with Gasteiger partial charge in [-0.25, -0.2) is 4.98 Å². The van der Waals surface area contributed by atoms with Crippen LogP contribution in [0.2, 0.25) is 0 Å². The Morgan fingerprint density at radius 1 is 0.848 bits per heavy atom. The Morgan fingerprint density at radius 3 is 2.30 bits per heavy atom. The first-order chi connectivity index (χ1) is 16.2. The minimum atomic E-state index is 0.520. The second-order valence-electron chi connectivity index (χ2n) is 9.39. The monoisotopic (exact) mass is 438 g/mol. The van der Waals surface area contributed by atoms with Gasteiger partial charge < -0.3 is 14.4 Å². The number of anilines is 1. The molecule has 0 bridgehead atoms. The lowest BCUT2D eigenvalue weighted by molar-refractivity contribution is 0.212. The van der Waals surface area contributed by atoms with E-state index in [2.05, 4.69) is 107 Å². The van der Waals surface area contributed by atoms with Crippen LogP contribution in [0.5, 0.6) is 0 Å². The van der Waals surface area contributed by atoms with Crippen molar-refractivity contribution in [2.24, 2.45) is 0 Å². The SMILES string of the molecule is Cc1ccc(Cn2c(N(C)C3CCN(CCc4ccccc4)CC3)nc3ccccc32)cc1. The van der Waals surface area contributed by atoms with Crippen molar-refractivity contribution in [3.05, 3.63) is 95.6 Å². The molecule has 1 aromatic heterocycles. The number of fused-ring (bicyclic) bond motifs is 1. The Bertz CT molecular complexity index is 1170. The summed E-state index contributed by atoms with van der Waals surface area (Å²) in [4.78, 5) is 10.1. The number of para-hydroxylation sites is 2. The van der Waals surface area contributed by atoms with Gasteiger partial charge in [0.25, 0.3) is 0 Å². The smallest absolute Gasteiger partial charge is 0.206 e. The van der Waals surface area contributed by atoms with E-state index in [1.165, 1.54) is 35.0 Å². The third-order valence-corrected chi connectivity index (χ3v) is 7.08. The molecule has 1 aliphatic heterocycles. The molecule has 1 saturated heterocycles. The summed E-state index contributed by atoms with van der Waals surface area (Å²) in [7, 11) is 2.23. The maximum absolute atomic E-state index is 5.07. The van der Waals surface area contributed by atoms with Crippen LogP contribution in [0.3, 0.4) is 0 Å². The standard InChI is InChI=1S/C29H34N4/c1-23-12-14-25(15-13-23)22-33-28-11-7-6-10-27(28)30-29(33)31(2)26-17-20-32(21-18-26)19-16-24-8-4-3-5-9-24/h3-15,26H,16-22H2,1-2H3. The van der Waals surface area contributed by atoms with E-state index in [-0.39, 0.29) is 0 Å². The Balaban J connectivity index is 1.29. The summed E-state index contributed by atoms with van der Waals surface area (Å²) < 4.78 is 2.39. The Morgan fingerprint density at radius 2 is 1.55 bits per heavy atom. The number of imidazole rings is 1. The fourth-order valence-corrected chi connectivity index (χ4v) is 4.99. The molecule has 170 valence electrons. The van der Waals surface area contributed by atoms with Gasteiger partial charge in [-0.15, -0.1) is 0 Å². The molecular formula is C29H34N4. The molecule has 0 amide bonds. The fraction of sp³-hybridized carbons (Fsp3) is 0.345. The highest BCUT2D eigenvalue weighted by Crippen LogP contribution is 2.27. The van der Waals surface area contributed by atoms with Crippen molar-refractivity contribution in [3.8, 4) is 0 Å². The molecule has 0 spiro atoms. The zero-order valence-electron chi connectivity index (χ0n) is 19.8. The normalized spacial score (nSPS) is 15.2. The number of hydrogen-bond acceptors (Lipinski definition) is 3. The summed E-state index contributed by atoms with van der Waals surface area (Å²) in [6.45, 7) is 6.44. The quantitative estimate of drug-likeness (QED) is 0.379. The van der Waals surface area contributed by atoms with Crippen molar-refractivity contribution < 1.29 is 0 Å². The zero-order valence-corrected chi connectivity index (χ0v) is 19.8.